The van der Waals surface area contributed by atoms with E-state index in [-0.39, 0.29) is 5.91 Å². The fourth-order valence-corrected chi connectivity index (χ4v) is 2.66. The van der Waals surface area contributed by atoms with Gasteiger partial charge in [-0.1, -0.05) is 29.8 Å². The standard InChI is InChI=1S/C16H24N2O/c1-12-2-4-13(5-3-12)7-9-16(19)18-11-14-6-8-15(17)10-14/h2-5,14-15H,6-11,17H2,1H3,(H,18,19). The van der Waals surface area contributed by atoms with Gasteiger partial charge in [0.25, 0.3) is 0 Å². The number of carbonyl (C=O) groups is 1. The topological polar surface area (TPSA) is 55.1 Å². The third-order valence-electron chi connectivity index (χ3n) is 3.93. The highest BCUT2D eigenvalue weighted by molar-refractivity contribution is 5.76. The Labute approximate surface area is 115 Å². The van der Waals surface area contributed by atoms with Crippen LogP contribution in [0.15, 0.2) is 24.3 Å². The lowest BCUT2D eigenvalue weighted by Gasteiger charge is -2.11. The van der Waals surface area contributed by atoms with Crippen LogP contribution in [-0.4, -0.2) is 18.5 Å². The molecule has 2 unspecified atom stereocenters. The summed E-state index contributed by atoms with van der Waals surface area (Å²) in [6.45, 7) is 2.86. The van der Waals surface area contributed by atoms with Gasteiger partial charge in [0.05, 0.1) is 0 Å². The number of nitrogens with two attached hydrogens (primary N) is 1. The average Bonchev–Trinajstić information content (AvgIpc) is 2.81. The number of aryl methyl sites for hydroxylation is 2. The first-order valence-corrected chi connectivity index (χ1v) is 7.21. The third-order valence-corrected chi connectivity index (χ3v) is 3.93. The number of hydrogen-bond donors (Lipinski definition) is 2. The van der Waals surface area contributed by atoms with Gasteiger partial charge >= 0.3 is 0 Å². The van der Waals surface area contributed by atoms with Gasteiger partial charge in [0, 0.05) is 19.0 Å². The fourth-order valence-electron chi connectivity index (χ4n) is 2.66. The summed E-state index contributed by atoms with van der Waals surface area (Å²) in [6, 6.07) is 8.71. The summed E-state index contributed by atoms with van der Waals surface area (Å²) in [7, 11) is 0. The second kappa shape index (κ2) is 6.71. The highest BCUT2D eigenvalue weighted by Crippen LogP contribution is 2.23. The van der Waals surface area contributed by atoms with Gasteiger partial charge in [0.15, 0.2) is 0 Å². The van der Waals surface area contributed by atoms with E-state index < -0.39 is 0 Å². The van der Waals surface area contributed by atoms with E-state index in [1.807, 2.05) is 0 Å². The molecule has 0 aliphatic heterocycles. The fraction of sp³-hybridized carbons (Fsp3) is 0.562. The van der Waals surface area contributed by atoms with Crippen LogP contribution in [0.1, 0.15) is 36.8 Å². The van der Waals surface area contributed by atoms with Crippen LogP contribution < -0.4 is 11.1 Å². The molecule has 2 atom stereocenters. The summed E-state index contributed by atoms with van der Waals surface area (Å²) in [5, 5.41) is 3.03. The van der Waals surface area contributed by atoms with Crippen LogP contribution in [0.3, 0.4) is 0 Å². The summed E-state index contributed by atoms with van der Waals surface area (Å²) < 4.78 is 0. The molecule has 2 rings (SSSR count). The quantitative estimate of drug-likeness (QED) is 0.852. The Morgan fingerprint density at radius 3 is 2.68 bits per heavy atom. The molecule has 0 heterocycles. The average molecular weight is 260 g/mol. The molecule has 0 spiro atoms. The van der Waals surface area contributed by atoms with Crippen molar-refractivity contribution in [2.24, 2.45) is 11.7 Å². The van der Waals surface area contributed by atoms with Crippen LogP contribution in [0, 0.1) is 12.8 Å². The molecule has 0 bridgehead atoms. The Kier molecular flexibility index (Phi) is 4.97. The predicted molar refractivity (Wildman–Crippen MR) is 77.8 cm³/mol. The van der Waals surface area contributed by atoms with Gasteiger partial charge in [-0.25, -0.2) is 0 Å². The zero-order chi connectivity index (χ0) is 13.7. The Morgan fingerprint density at radius 1 is 1.32 bits per heavy atom. The number of nitrogens with one attached hydrogen (secondary N) is 1. The van der Waals surface area contributed by atoms with Crippen LogP contribution >= 0.6 is 0 Å². The monoisotopic (exact) mass is 260 g/mol. The van der Waals surface area contributed by atoms with Crippen LogP contribution in [-0.2, 0) is 11.2 Å². The molecule has 3 nitrogen and oxygen atoms in total. The largest absolute Gasteiger partial charge is 0.356 e. The molecule has 1 aromatic rings. The molecule has 1 fully saturated rings. The van der Waals surface area contributed by atoms with Gasteiger partial charge in [-0.05, 0) is 44.1 Å². The summed E-state index contributed by atoms with van der Waals surface area (Å²) in [4.78, 5) is 11.8. The maximum absolute atomic E-state index is 11.8. The maximum Gasteiger partial charge on any atom is 0.220 e. The molecule has 0 saturated heterocycles. The zero-order valence-electron chi connectivity index (χ0n) is 11.7. The van der Waals surface area contributed by atoms with E-state index in [4.69, 9.17) is 5.73 Å². The highest BCUT2D eigenvalue weighted by atomic mass is 16.1. The van der Waals surface area contributed by atoms with E-state index in [2.05, 4.69) is 36.5 Å². The van der Waals surface area contributed by atoms with Crippen molar-refractivity contribution in [3.05, 3.63) is 35.4 Å². The first kappa shape index (κ1) is 14.1. The van der Waals surface area contributed by atoms with Gasteiger partial charge in [0.1, 0.15) is 0 Å². The maximum atomic E-state index is 11.8. The Hall–Kier alpha value is -1.35. The zero-order valence-corrected chi connectivity index (χ0v) is 11.7. The van der Waals surface area contributed by atoms with Crippen molar-refractivity contribution in [3.63, 3.8) is 0 Å². The van der Waals surface area contributed by atoms with Crippen LogP contribution in [0.2, 0.25) is 0 Å². The second-order valence-electron chi connectivity index (χ2n) is 5.73. The van der Waals surface area contributed by atoms with Gasteiger partial charge < -0.3 is 11.1 Å². The highest BCUT2D eigenvalue weighted by Gasteiger charge is 2.21. The predicted octanol–water partition coefficient (Wildman–Crippen LogP) is 2.17. The van der Waals surface area contributed by atoms with Gasteiger partial charge in [0.2, 0.25) is 5.91 Å². The van der Waals surface area contributed by atoms with E-state index in [1.165, 1.54) is 11.1 Å². The normalized spacial score (nSPS) is 22.4. The van der Waals surface area contributed by atoms with Crippen molar-refractivity contribution in [1.29, 1.82) is 0 Å². The molecule has 3 heteroatoms. The van der Waals surface area contributed by atoms with Gasteiger partial charge in [-0.15, -0.1) is 0 Å². The van der Waals surface area contributed by atoms with Crippen molar-refractivity contribution in [2.75, 3.05) is 6.54 Å². The number of amides is 1. The number of rotatable bonds is 5. The Bertz CT molecular complexity index is 413. The number of hydrogen-bond acceptors (Lipinski definition) is 2. The van der Waals surface area contributed by atoms with E-state index in [9.17, 15) is 4.79 Å². The number of carbonyl (C=O) groups excluding carboxylic acids is 1. The molecule has 1 saturated carbocycles. The molecular weight excluding hydrogens is 236 g/mol. The van der Waals surface area contributed by atoms with Crippen molar-refractivity contribution in [3.8, 4) is 0 Å². The molecule has 104 valence electrons. The van der Waals surface area contributed by atoms with E-state index >= 15 is 0 Å². The molecule has 1 aliphatic rings. The smallest absolute Gasteiger partial charge is 0.220 e. The molecular formula is C16H24N2O. The van der Waals surface area contributed by atoms with Gasteiger partial charge in [-0.2, -0.15) is 0 Å². The van der Waals surface area contributed by atoms with Crippen molar-refractivity contribution in [2.45, 2.75) is 45.1 Å². The van der Waals surface area contributed by atoms with Crippen molar-refractivity contribution >= 4 is 5.91 Å². The lowest BCUT2D eigenvalue weighted by Crippen LogP contribution is -2.29. The molecule has 19 heavy (non-hydrogen) atoms. The van der Waals surface area contributed by atoms with E-state index in [0.717, 1.165) is 32.2 Å². The molecule has 1 aromatic carbocycles. The number of benzene rings is 1. The summed E-state index contributed by atoms with van der Waals surface area (Å²) >= 11 is 0. The first-order valence-electron chi connectivity index (χ1n) is 7.21. The molecule has 0 aromatic heterocycles. The minimum atomic E-state index is 0.154. The second-order valence-corrected chi connectivity index (χ2v) is 5.73. The van der Waals surface area contributed by atoms with Gasteiger partial charge in [-0.3, -0.25) is 4.79 Å². The first-order chi connectivity index (χ1) is 9.13. The molecule has 0 radical (unpaired) electrons. The van der Waals surface area contributed by atoms with Crippen molar-refractivity contribution < 1.29 is 4.79 Å². The molecule has 1 aliphatic carbocycles. The Morgan fingerprint density at radius 2 is 2.05 bits per heavy atom. The molecule has 1 amide bonds. The Balaban J connectivity index is 1.65. The minimum absolute atomic E-state index is 0.154. The summed E-state index contributed by atoms with van der Waals surface area (Å²) in [6.07, 6.45) is 4.69. The lowest BCUT2D eigenvalue weighted by molar-refractivity contribution is -0.121. The third kappa shape index (κ3) is 4.67. The lowest BCUT2D eigenvalue weighted by atomic mass is 10.1. The van der Waals surface area contributed by atoms with Crippen LogP contribution in [0.25, 0.3) is 0 Å². The van der Waals surface area contributed by atoms with E-state index in [0.29, 0.717) is 18.4 Å². The molecule has 3 N–H and O–H groups in total. The van der Waals surface area contributed by atoms with Crippen LogP contribution in [0.4, 0.5) is 0 Å². The van der Waals surface area contributed by atoms with Crippen molar-refractivity contribution in [1.82, 2.24) is 5.32 Å². The van der Waals surface area contributed by atoms with E-state index in [1.54, 1.807) is 0 Å². The minimum Gasteiger partial charge on any atom is -0.356 e. The SMILES string of the molecule is Cc1ccc(CCC(=O)NCC2CCC(N)C2)cc1. The summed E-state index contributed by atoms with van der Waals surface area (Å²) in [5.74, 6) is 0.736. The van der Waals surface area contributed by atoms with Crippen LogP contribution in [0.5, 0.6) is 0 Å². The summed E-state index contributed by atoms with van der Waals surface area (Å²) in [5.41, 5.74) is 8.35.